The second-order valence-corrected chi connectivity index (χ2v) is 9.51. The minimum absolute atomic E-state index is 0.0584. The van der Waals surface area contributed by atoms with Gasteiger partial charge in [0.05, 0.1) is 18.2 Å². The molecule has 1 saturated carbocycles. The number of ether oxygens (including phenoxy) is 1. The first-order valence-corrected chi connectivity index (χ1v) is 12.7. The van der Waals surface area contributed by atoms with E-state index in [1.165, 1.54) is 19.3 Å². The number of rotatable bonds is 8. The van der Waals surface area contributed by atoms with Gasteiger partial charge in [0.1, 0.15) is 11.6 Å². The van der Waals surface area contributed by atoms with Crippen LogP contribution in [0.25, 0.3) is 11.1 Å². The maximum Gasteiger partial charge on any atom is 0.435 e. The van der Waals surface area contributed by atoms with Crippen LogP contribution in [0.3, 0.4) is 0 Å². The second-order valence-electron chi connectivity index (χ2n) is 8.95. The van der Waals surface area contributed by atoms with Crippen molar-refractivity contribution in [2.75, 3.05) is 6.61 Å². The van der Waals surface area contributed by atoms with Crippen molar-refractivity contribution in [1.82, 2.24) is 15.1 Å². The number of carbonyl (C=O) groups is 1. The Morgan fingerprint density at radius 1 is 1.25 bits per heavy atom. The number of hydrogen-bond donors (Lipinski definition) is 1. The lowest BCUT2D eigenvalue weighted by Gasteiger charge is -2.22. The first-order valence-electron chi connectivity index (χ1n) is 11.6. The Hall–Kier alpha value is -2.88. The van der Waals surface area contributed by atoms with Crippen LogP contribution in [0.5, 0.6) is 5.75 Å². The van der Waals surface area contributed by atoms with Crippen molar-refractivity contribution in [2.24, 2.45) is 13.0 Å². The molecule has 2 aromatic carbocycles. The molecule has 3 aromatic rings. The highest BCUT2D eigenvalue weighted by Crippen LogP contribution is 2.44. The van der Waals surface area contributed by atoms with Gasteiger partial charge in [-0.1, -0.05) is 28.1 Å². The Bertz CT molecular complexity index is 1280. The highest BCUT2D eigenvalue weighted by Gasteiger charge is 2.39. The number of carbonyl (C=O) groups excluding carboxylic acids is 1. The SMILES string of the molecule is CCOc1c(C(=O)NC(c2ccc(F)c(C)c2)C2CC2)cc(CBr)cc1-c1cn(C)nc1C(F)(F)F. The summed E-state index contributed by atoms with van der Waals surface area (Å²) in [6, 6.07) is 7.58. The fraction of sp³-hybridized carbons (Fsp3) is 0.385. The van der Waals surface area contributed by atoms with Crippen LogP contribution in [0.15, 0.2) is 36.5 Å². The Balaban J connectivity index is 1.81. The monoisotopic (exact) mass is 567 g/mol. The number of nitrogens with one attached hydrogen (secondary N) is 1. The normalized spacial score (nSPS) is 14.6. The van der Waals surface area contributed by atoms with E-state index in [9.17, 15) is 22.4 Å². The average Bonchev–Trinajstić information content (AvgIpc) is 3.59. The fourth-order valence-electron chi connectivity index (χ4n) is 4.31. The van der Waals surface area contributed by atoms with Crippen LogP contribution >= 0.6 is 15.9 Å². The molecule has 0 bridgehead atoms. The van der Waals surface area contributed by atoms with Gasteiger partial charge < -0.3 is 10.1 Å². The van der Waals surface area contributed by atoms with Crippen LogP contribution in [-0.2, 0) is 18.6 Å². The molecule has 1 amide bonds. The van der Waals surface area contributed by atoms with Crippen LogP contribution in [-0.4, -0.2) is 22.3 Å². The number of hydrogen-bond acceptors (Lipinski definition) is 3. The lowest BCUT2D eigenvalue weighted by atomic mass is 9.96. The van der Waals surface area contributed by atoms with Crippen molar-refractivity contribution in [3.8, 4) is 16.9 Å². The summed E-state index contributed by atoms with van der Waals surface area (Å²) in [5, 5.41) is 6.97. The molecule has 4 rings (SSSR count). The first kappa shape index (κ1) is 26.2. The summed E-state index contributed by atoms with van der Waals surface area (Å²) in [6.07, 6.45) is -1.59. The summed E-state index contributed by atoms with van der Waals surface area (Å²) >= 11 is 3.36. The van der Waals surface area contributed by atoms with Crippen LogP contribution in [0, 0.1) is 18.7 Å². The van der Waals surface area contributed by atoms with Crippen molar-refractivity contribution in [2.45, 2.75) is 44.2 Å². The zero-order valence-electron chi connectivity index (χ0n) is 20.0. The van der Waals surface area contributed by atoms with Crippen molar-refractivity contribution in [1.29, 1.82) is 0 Å². The molecule has 10 heteroatoms. The number of nitrogens with zero attached hydrogens (tertiary/aromatic N) is 2. The zero-order valence-corrected chi connectivity index (χ0v) is 21.6. The predicted octanol–water partition coefficient (Wildman–Crippen LogP) is 6.73. The minimum Gasteiger partial charge on any atom is -0.492 e. The Kier molecular flexibility index (Phi) is 7.45. The average molecular weight is 568 g/mol. The second kappa shape index (κ2) is 10.2. The molecule has 1 fully saturated rings. The van der Waals surface area contributed by atoms with Gasteiger partial charge in [-0.25, -0.2) is 4.39 Å². The Morgan fingerprint density at radius 3 is 2.56 bits per heavy atom. The van der Waals surface area contributed by atoms with Crippen LogP contribution in [0.2, 0.25) is 0 Å². The molecule has 0 radical (unpaired) electrons. The third kappa shape index (κ3) is 5.43. The lowest BCUT2D eigenvalue weighted by molar-refractivity contribution is -0.140. The van der Waals surface area contributed by atoms with Gasteiger partial charge in [0, 0.05) is 29.7 Å². The third-order valence-corrected chi connectivity index (χ3v) is 6.79. The number of aryl methyl sites for hydroxylation is 2. The minimum atomic E-state index is -4.69. The molecule has 1 N–H and O–H groups in total. The van der Waals surface area contributed by atoms with E-state index in [0.717, 1.165) is 23.1 Å². The number of halogens is 5. The van der Waals surface area contributed by atoms with Gasteiger partial charge in [0.2, 0.25) is 0 Å². The van der Waals surface area contributed by atoms with Gasteiger partial charge in [-0.3, -0.25) is 9.48 Å². The van der Waals surface area contributed by atoms with Gasteiger partial charge in [-0.2, -0.15) is 18.3 Å². The molecule has 192 valence electrons. The van der Waals surface area contributed by atoms with Crippen LogP contribution < -0.4 is 10.1 Å². The topological polar surface area (TPSA) is 56.1 Å². The van der Waals surface area contributed by atoms with Gasteiger partial charge in [-0.05, 0) is 67.5 Å². The van der Waals surface area contributed by atoms with Gasteiger partial charge in [-0.15, -0.1) is 0 Å². The molecular weight excluding hydrogens is 542 g/mol. The lowest BCUT2D eigenvalue weighted by Crippen LogP contribution is -2.30. The number of alkyl halides is 4. The smallest absolute Gasteiger partial charge is 0.435 e. The number of amides is 1. The van der Waals surface area contributed by atoms with E-state index >= 15 is 0 Å². The van der Waals surface area contributed by atoms with Crippen LogP contribution in [0.1, 0.15) is 58.5 Å². The largest absolute Gasteiger partial charge is 0.492 e. The maximum atomic E-state index is 13.9. The highest BCUT2D eigenvalue weighted by molar-refractivity contribution is 9.08. The van der Waals surface area contributed by atoms with Crippen molar-refractivity contribution < 1.29 is 27.1 Å². The van der Waals surface area contributed by atoms with E-state index in [1.54, 1.807) is 38.1 Å². The fourth-order valence-corrected chi connectivity index (χ4v) is 4.64. The molecule has 0 saturated heterocycles. The summed E-state index contributed by atoms with van der Waals surface area (Å²) in [5.74, 6) is -0.546. The summed E-state index contributed by atoms with van der Waals surface area (Å²) in [6.45, 7) is 3.51. The highest BCUT2D eigenvalue weighted by atomic mass is 79.9. The molecule has 1 aromatic heterocycles. The summed E-state index contributed by atoms with van der Waals surface area (Å²) in [5.41, 5.74) is 0.912. The maximum absolute atomic E-state index is 13.9. The molecule has 0 spiro atoms. The van der Waals surface area contributed by atoms with E-state index in [1.807, 2.05) is 0 Å². The summed E-state index contributed by atoms with van der Waals surface area (Å²) in [7, 11) is 1.41. The molecule has 36 heavy (non-hydrogen) atoms. The third-order valence-electron chi connectivity index (χ3n) is 6.14. The first-order chi connectivity index (χ1) is 17.0. The molecule has 0 aliphatic heterocycles. The number of aromatic nitrogens is 2. The van der Waals surface area contributed by atoms with E-state index in [4.69, 9.17) is 4.74 Å². The Morgan fingerprint density at radius 2 is 1.97 bits per heavy atom. The number of benzene rings is 2. The van der Waals surface area contributed by atoms with Gasteiger partial charge >= 0.3 is 6.18 Å². The summed E-state index contributed by atoms with van der Waals surface area (Å²) in [4.78, 5) is 13.6. The zero-order chi connectivity index (χ0) is 26.2. The molecule has 1 aliphatic carbocycles. The molecule has 1 heterocycles. The van der Waals surface area contributed by atoms with E-state index in [2.05, 4.69) is 26.3 Å². The molecule has 1 atom stereocenters. The molecular formula is C26H26BrF4N3O2. The van der Waals surface area contributed by atoms with E-state index in [0.29, 0.717) is 16.5 Å². The van der Waals surface area contributed by atoms with E-state index in [-0.39, 0.29) is 46.8 Å². The van der Waals surface area contributed by atoms with Gasteiger partial charge in [0.15, 0.2) is 5.69 Å². The standard InChI is InChI=1S/C26H26BrF4N3O2/c1-4-36-23-18(20-13-34(3)33-24(20)26(29,30)31)10-15(12-27)11-19(23)25(35)32-22(16-5-6-16)17-7-8-21(28)14(2)9-17/h7-11,13,16,22H,4-6,12H2,1-3H3,(H,32,35). The quantitative estimate of drug-likeness (QED) is 0.242. The molecule has 1 aliphatic rings. The van der Waals surface area contributed by atoms with Crippen LogP contribution in [0.4, 0.5) is 17.6 Å². The molecule has 1 unspecified atom stereocenters. The molecule has 5 nitrogen and oxygen atoms in total. The predicted molar refractivity (Wildman–Crippen MR) is 132 cm³/mol. The van der Waals surface area contributed by atoms with Crippen molar-refractivity contribution in [3.05, 3.63) is 70.3 Å². The van der Waals surface area contributed by atoms with Crippen molar-refractivity contribution in [3.63, 3.8) is 0 Å². The van der Waals surface area contributed by atoms with Crippen molar-refractivity contribution >= 4 is 21.8 Å². The van der Waals surface area contributed by atoms with E-state index < -0.39 is 17.8 Å². The van der Waals surface area contributed by atoms with Gasteiger partial charge in [0.25, 0.3) is 5.91 Å². The summed E-state index contributed by atoms with van der Waals surface area (Å²) < 4.78 is 62.1. The Labute approximate surface area is 215 Å².